The SMILES string of the molecule is C[Si](C)(C#N)OS(=O)(=O)O[Si](C)(C)C#N. The van der Waals surface area contributed by atoms with Crippen molar-refractivity contribution in [3.05, 3.63) is 0 Å². The van der Waals surface area contributed by atoms with E-state index in [2.05, 4.69) is 7.74 Å². The highest BCUT2D eigenvalue weighted by molar-refractivity contribution is 7.84. The molecule has 84 valence electrons. The molecule has 0 N–H and O–H groups in total. The van der Waals surface area contributed by atoms with Crippen molar-refractivity contribution in [1.29, 1.82) is 10.5 Å². The molecule has 0 aliphatic carbocycles. The van der Waals surface area contributed by atoms with Crippen molar-refractivity contribution in [2.45, 2.75) is 26.2 Å². The van der Waals surface area contributed by atoms with Crippen LogP contribution >= 0.6 is 0 Å². The van der Waals surface area contributed by atoms with E-state index in [-0.39, 0.29) is 0 Å². The average molecular weight is 264 g/mol. The molecule has 15 heavy (non-hydrogen) atoms. The predicted molar refractivity (Wildman–Crippen MR) is 57.3 cm³/mol. The summed E-state index contributed by atoms with van der Waals surface area (Å²) in [5.74, 6) is 0. The Morgan fingerprint density at radius 3 is 1.40 bits per heavy atom. The van der Waals surface area contributed by atoms with Crippen molar-refractivity contribution in [1.82, 2.24) is 0 Å². The summed E-state index contributed by atoms with van der Waals surface area (Å²) >= 11 is 0. The number of hydrogen-bond acceptors (Lipinski definition) is 6. The first-order valence-electron chi connectivity index (χ1n) is 4.02. The second-order valence-corrected chi connectivity index (χ2v) is 12.5. The molecule has 6 nitrogen and oxygen atoms in total. The zero-order valence-corrected chi connectivity index (χ0v) is 11.8. The fraction of sp³-hybridized carbons (Fsp3) is 0.667. The molecule has 0 saturated heterocycles. The molecular formula is C6H12N2O4SSi2. The number of nitriles is 2. The third-order valence-electron chi connectivity index (χ3n) is 1.16. The van der Waals surface area contributed by atoms with Gasteiger partial charge in [0, 0.05) is 0 Å². The Hall–Kier alpha value is -0.716. The lowest BCUT2D eigenvalue weighted by atomic mass is 11.7. The van der Waals surface area contributed by atoms with E-state index >= 15 is 0 Å². The number of nitrogens with zero attached hydrogens (tertiary/aromatic N) is 2. The molecule has 0 unspecified atom stereocenters. The molecule has 0 aliphatic rings. The highest BCUT2D eigenvalue weighted by Gasteiger charge is 2.36. The van der Waals surface area contributed by atoms with Gasteiger partial charge in [-0.15, -0.1) is 0 Å². The molecule has 0 rings (SSSR count). The molecule has 0 fully saturated rings. The van der Waals surface area contributed by atoms with Crippen molar-refractivity contribution < 1.29 is 16.2 Å². The van der Waals surface area contributed by atoms with Crippen molar-refractivity contribution in [3.63, 3.8) is 0 Å². The summed E-state index contributed by atoms with van der Waals surface area (Å²) in [5.41, 5.74) is 3.58. The highest BCUT2D eigenvalue weighted by atomic mass is 32.3. The van der Waals surface area contributed by atoms with Crippen LogP contribution in [0.4, 0.5) is 0 Å². The summed E-state index contributed by atoms with van der Waals surface area (Å²) in [6, 6.07) is 0. The first-order valence-corrected chi connectivity index (χ1v) is 11.2. The topological polar surface area (TPSA) is 100 Å². The Bertz CT molecular complexity index is 383. The van der Waals surface area contributed by atoms with Crippen LogP contribution in [0.15, 0.2) is 0 Å². The Balaban J connectivity index is 4.79. The van der Waals surface area contributed by atoms with Gasteiger partial charge in [-0.2, -0.15) is 8.42 Å². The molecule has 0 aromatic heterocycles. The third-order valence-corrected chi connectivity index (χ3v) is 7.20. The Morgan fingerprint density at radius 1 is 0.933 bits per heavy atom. The molecule has 9 heteroatoms. The molecule has 0 heterocycles. The van der Waals surface area contributed by atoms with Crippen LogP contribution in [-0.4, -0.2) is 25.1 Å². The lowest BCUT2D eigenvalue weighted by Crippen LogP contribution is -2.38. The van der Waals surface area contributed by atoms with Gasteiger partial charge in [-0.3, -0.25) is 7.74 Å². The number of hydrogen-bond donors (Lipinski definition) is 0. The van der Waals surface area contributed by atoms with Gasteiger partial charge < -0.3 is 0 Å². The van der Waals surface area contributed by atoms with Crippen LogP contribution in [0.2, 0.25) is 26.2 Å². The Labute approximate surface area is 91.6 Å². The summed E-state index contributed by atoms with van der Waals surface area (Å²) < 4.78 is 31.9. The van der Waals surface area contributed by atoms with Gasteiger partial charge in [-0.05, 0) is 26.2 Å². The standard InChI is InChI=1S/C6H12N2O4SSi2/c1-14(2,5-7)11-13(9,10)12-15(3,4)6-8/h1-4H3. The van der Waals surface area contributed by atoms with Gasteiger partial charge >= 0.3 is 27.0 Å². The average Bonchev–Trinajstić information content (AvgIpc) is 2.00. The minimum atomic E-state index is -4.24. The lowest BCUT2D eigenvalue weighted by molar-refractivity contribution is 0.394. The van der Waals surface area contributed by atoms with Crippen LogP contribution in [0, 0.1) is 21.9 Å². The fourth-order valence-corrected chi connectivity index (χ4v) is 5.39. The van der Waals surface area contributed by atoms with E-state index in [0.29, 0.717) is 0 Å². The third kappa shape index (κ3) is 5.66. The monoisotopic (exact) mass is 264 g/mol. The normalized spacial score (nSPS) is 12.9. The Kier molecular flexibility index (Phi) is 4.21. The minimum absolute atomic E-state index is 1.43. The molecule has 0 aromatic carbocycles. The molecular weight excluding hydrogens is 252 g/mol. The molecule has 0 aliphatic heterocycles. The molecule has 0 atom stereocenters. The first kappa shape index (κ1) is 14.3. The van der Waals surface area contributed by atoms with Gasteiger partial charge in [-0.1, -0.05) is 0 Å². The van der Waals surface area contributed by atoms with Crippen molar-refractivity contribution >= 4 is 27.0 Å². The fourth-order valence-electron chi connectivity index (χ4n) is 0.565. The van der Waals surface area contributed by atoms with E-state index in [4.69, 9.17) is 10.5 Å². The van der Waals surface area contributed by atoms with Crippen LogP contribution in [0.1, 0.15) is 0 Å². The van der Waals surface area contributed by atoms with Crippen LogP contribution < -0.4 is 0 Å². The summed E-state index contributed by atoms with van der Waals surface area (Å²) in [5, 5.41) is 17.3. The first-order chi connectivity index (χ1) is 6.54. The molecule has 0 bridgehead atoms. The Morgan fingerprint density at radius 2 is 1.20 bits per heavy atom. The van der Waals surface area contributed by atoms with Gasteiger partial charge in [0.2, 0.25) is 0 Å². The summed E-state index contributed by atoms with van der Waals surface area (Å²) in [7, 11) is -10.1. The van der Waals surface area contributed by atoms with Crippen molar-refractivity contribution in [3.8, 4) is 11.4 Å². The lowest BCUT2D eigenvalue weighted by Gasteiger charge is -2.17. The maximum absolute atomic E-state index is 11.3. The molecule has 0 aromatic rings. The minimum Gasteiger partial charge on any atom is -0.277 e. The van der Waals surface area contributed by atoms with Crippen LogP contribution in [-0.2, 0) is 18.1 Å². The predicted octanol–water partition coefficient (Wildman–Crippen LogP) is 0.800. The van der Waals surface area contributed by atoms with E-state index in [9.17, 15) is 8.42 Å². The quantitative estimate of drug-likeness (QED) is 0.696. The maximum atomic E-state index is 11.3. The molecule has 0 spiro atoms. The smallest absolute Gasteiger partial charge is 0.277 e. The van der Waals surface area contributed by atoms with Crippen LogP contribution in [0.25, 0.3) is 0 Å². The van der Waals surface area contributed by atoms with E-state index in [0.717, 1.165) is 0 Å². The number of rotatable bonds is 4. The van der Waals surface area contributed by atoms with Crippen LogP contribution in [0.3, 0.4) is 0 Å². The molecule has 0 amide bonds. The van der Waals surface area contributed by atoms with Crippen molar-refractivity contribution in [2.24, 2.45) is 0 Å². The van der Waals surface area contributed by atoms with E-state index in [1.807, 2.05) is 0 Å². The van der Waals surface area contributed by atoms with Gasteiger partial charge in [0.15, 0.2) is 0 Å². The molecule has 0 radical (unpaired) electrons. The maximum Gasteiger partial charge on any atom is 0.382 e. The van der Waals surface area contributed by atoms with Gasteiger partial charge in [0.1, 0.15) is 0 Å². The second-order valence-electron chi connectivity index (χ2n) is 3.82. The zero-order valence-electron chi connectivity index (χ0n) is 8.94. The second kappa shape index (κ2) is 4.42. The summed E-state index contributed by atoms with van der Waals surface area (Å²) in [4.78, 5) is 0. The molecule has 0 saturated carbocycles. The largest absolute Gasteiger partial charge is 0.382 e. The van der Waals surface area contributed by atoms with E-state index in [1.54, 1.807) is 11.4 Å². The van der Waals surface area contributed by atoms with Gasteiger partial charge in [-0.25, -0.2) is 10.5 Å². The highest BCUT2D eigenvalue weighted by Crippen LogP contribution is 2.14. The zero-order chi connectivity index (χ0) is 12.3. The van der Waals surface area contributed by atoms with E-state index in [1.165, 1.54) is 26.2 Å². The van der Waals surface area contributed by atoms with Crippen molar-refractivity contribution in [2.75, 3.05) is 0 Å². The van der Waals surface area contributed by atoms with E-state index < -0.39 is 27.0 Å². The summed E-state index contributed by atoms with van der Waals surface area (Å²) in [6.07, 6.45) is 0. The summed E-state index contributed by atoms with van der Waals surface area (Å²) in [6.45, 7) is 5.70. The van der Waals surface area contributed by atoms with Crippen LogP contribution in [0.5, 0.6) is 0 Å². The van der Waals surface area contributed by atoms with Gasteiger partial charge in [0.25, 0.3) is 0 Å². The van der Waals surface area contributed by atoms with Gasteiger partial charge in [0.05, 0.1) is 11.4 Å².